The number of carbonyl (C=O) groups excluding carboxylic acids is 1. The van der Waals surface area contributed by atoms with E-state index in [4.69, 9.17) is 22.6 Å². The standard InChI is InChI=1S/C25H34FN3O2/c1-19(2)18-31-24-10-6-20(7-11-24)16-27-25(30)29(23-12-14-28(3)15-13-23)17-21-4-8-22(26)9-5-21/h4-11,19,23H,12-18H2,1-3H3,(H,27,30)/i3D3,14D2,15D2,16D2,17D2,18D2. The highest BCUT2D eigenvalue weighted by Crippen LogP contribution is 2.19. The molecule has 2 amide bonds. The van der Waals surface area contributed by atoms with Crippen molar-refractivity contribution >= 4 is 6.03 Å². The van der Waals surface area contributed by atoms with Crippen LogP contribution in [-0.2, 0) is 13.0 Å². The van der Waals surface area contributed by atoms with Crippen molar-refractivity contribution in [3.8, 4) is 5.75 Å². The number of amides is 2. The van der Waals surface area contributed by atoms with Crippen molar-refractivity contribution in [3.05, 3.63) is 65.5 Å². The van der Waals surface area contributed by atoms with Gasteiger partial charge in [0.1, 0.15) is 11.6 Å². The summed E-state index contributed by atoms with van der Waals surface area (Å²) in [5, 5.41) is 2.06. The Morgan fingerprint density at radius 3 is 2.48 bits per heavy atom. The van der Waals surface area contributed by atoms with Gasteiger partial charge >= 0.3 is 6.03 Å². The molecular formula is C25H34FN3O2. The normalized spacial score (nSPS) is 26.4. The molecule has 2 aromatic carbocycles. The molecule has 1 N–H and O–H groups in total. The van der Waals surface area contributed by atoms with E-state index < -0.39 is 76.2 Å². The Kier molecular flexibility index (Phi) is 4.07. The summed E-state index contributed by atoms with van der Waals surface area (Å²) < 4.78 is 126. The Balaban J connectivity index is 2.01. The molecule has 31 heavy (non-hydrogen) atoms. The summed E-state index contributed by atoms with van der Waals surface area (Å²) in [5.41, 5.74) is -0.427. The second kappa shape index (κ2) is 11.1. The van der Waals surface area contributed by atoms with Crippen LogP contribution in [0.5, 0.6) is 5.75 Å². The van der Waals surface area contributed by atoms with Gasteiger partial charge in [-0.05, 0) is 74.1 Å². The maximum Gasteiger partial charge on any atom is 0.318 e. The van der Waals surface area contributed by atoms with E-state index in [1.165, 1.54) is 24.3 Å². The van der Waals surface area contributed by atoms with Gasteiger partial charge in [0.2, 0.25) is 0 Å². The zero-order chi connectivity index (χ0) is 33.7. The highest BCUT2D eigenvalue weighted by Gasteiger charge is 2.27. The lowest BCUT2D eigenvalue weighted by Crippen LogP contribution is -2.49. The van der Waals surface area contributed by atoms with Crippen LogP contribution < -0.4 is 10.1 Å². The number of urea groups is 1. The lowest BCUT2D eigenvalue weighted by molar-refractivity contribution is 0.127. The zero-order valence-electron chi connectivity index (χ0n) is 30.3. The van der Waals surface area contributed by atoms with Crippen LogP contribution in [0.25, 0.3) is 0 Å². The fourth-order valence-electron chi connectivity index (χ4n) is 2.65. The summed E-state index contributed by atoms with van der Waals surface area (Å²) in [6.45, 7) is -13.4. The molecule has 1 fully saturated rings. The van der Waals surface area contributed by atoms with Crippen LogP contribution in [0, 0.1) is 11.7 Å². The molecule has 0 saturated carbocycles. The van der Waals surface area contributed by atoms with Gasteiger partial charge < -0.3 is 19.9 Å². The molecule has 0 bridgehead atoms. The molecule has 2 aromatic rings. The number of piperidine rings is 1. The Labute approximate surface area is 203 Å². The third-order valence-corrected chi connectivity index (χ3v) is 4.23. The number of rotatable bonds is 8. The monoisotopic (exact) mass is 440 g/mol. The Bertz CT molecular complexity index is 1300. The van der Waals surface area contributed by atoms with Gasteiger partial charge in [0.15, 0.2) is 0 Å². The molecule has 168 valence electrons. The first-order chi connectivity index (χ1) is 19.8. The van der Waals surface area contributed by atoms with Crippen molar-refractivity contribution in [1.29, 1.82) is 0 Å². The molecule has 6 heteroatoms. The second-order valence-electron chi connectivity index (χ2n) is 7.16. The predicted octanol–water partition coefficient (Wildman–Crippen LogP) is 4.67. The Morgan fingerprint density at radius 2 is 1.87 bits per heavy atom. The van der Waals surface area contributed by atoms with Crippen molar-refractivity contribution in [3.63, 3.8) is 0 Å². The van der Waals surface area contributed by atoms with Crippen molar-refractivity contribution in [2.24, 2.45) is 5.92 Å². The van der Waals surface area contributed by atoms with E-state index >= 15 is 0 Å². The quantitative estimate of drug-likeness (QED) is 0.649. The van der Waals surface area contributed by atoms with Crippen LogP contribution in [-0.4, -0.2) is 48.4 Å². The number of hydrogen-bond acceptors (Lipinski definition) is 3. The first-order valence-corrected chi connectivity index (χ1v) is 9.79. The largest absolute Gasteiger partial charge is 0.493 e. The molecule has 5 nitrogen and oxygen atoms in total. The van der Waals surface area contributed by atoms with Crippen molar-refractivity contribution in [2.45, 2.75) is 45.7 Å². The fraction of sp³-hybridized carbons (Fsp3) is 0.480. The summed E-state index contributed by atoms with van der Waals surface area (Å²) in [6.07, 6.45) is -1.71. The SMILES string of the molecule is [2H]C([2H])(NC(=O)N(C1CC([2H])([2H])N(C([2H])([2H])[2H])C([2H])([2H])C1)C([2H])([2H])c1ccc(F)cc1)c1ccc(OC([2H])([2H])C(C)C)cc1. The number of halogens is 1. The van der Waals surface area contributed by atoms with Crippen LogP contribution in [0.15, 0.2) is 48.5 Å². The van der Waals surface area contributed by atoms with Crippen LogP contribution in [0.4, 0.5) is 9.18 Å². The number of ether oxygens (including phenoxy) is 1. The van der Waals surface area contributed by atoms with E-state index in [9.17, 15) is 9.18 Å². The lowest BCUT2D eigenvalue weighted by Gasteiger charge is -2.37. The van der Waals surface area contributed by atoms with Crippen molar-refractivity contribution in [2.75, 3.05) is 26.5 Å². The second-order valence-corrected chi connectivity index (χ2v) is 7.16. The van der Waals surface area contributed by atoms with E-state index in [1.807, 2.05) is 0 Å². The molecule has 0 unspecified atom stereocenters. The van der Waals surface area contributed by atoms with Gasteiger partial charge in [-0.1, -0.05) is 38.1 Å². The molecule has 1 aliphatic heterocycles. The summed E-state index contributed by atoms with van der Waals surface area (Å²) in [6, 6.07) is 5.84. The van der Waals surface area contributed by atoms with Crippen molar-refractivity contribution < 1.29 is 31.7 Å². The molecule has 0 aliphatic carbocycles. The molecule has 1 aliphatic rings. The molecule has 0 atom stereocenters. The van der Waals surface area contributed by atoms with E-state index in [0.29, 0.717) is 4.90 Å². The summed E-state index contributed by atoms with van der Waals surface area (Å²) >= 11 is 0. The highest BCUT2D eigenvalue weighted by molar-refractivity contribution is 5.74. The van der Waals surface area contributed by atoms with Crippen LogP contribution in [0.1, 0.15) is 55.6 Å². The molecule has 0 aromatic heterocycles. The average molecular weight is 441 g/mol. The number of likely N-dealkylation sites (tertiary alicyclic amines) is 1. The van der Waals surface area contributed by atoms with Gasteiger partial charge in [0, 0.05) is 28.6 Å². The van der Waals surface area contributed by atoms with Gasteiger partial charge in [-0.2, -0.15) is 0 Å². The van der Waals surface area contributed by atoms with Crippen LogP contribution in [0.3, 0.4) is 0 Å². The number of hydrogen-bond donors (Lipinski definition) is 1. The number of carbonyl (C=O) groups is 1. The van der Waals surface area contributed by atoms with Gasteiger partial charge in [-0.3, -0.25) is 0 Å². The van der Waals surface area contributed by atoms with Gasteiger partial charge in [0.05, 0.1) is 14.8 Å². The third kappa shape index (κ3) is 7.24. The maximum atomic E-state index is 13.8. The number of nitrogens with zero attached hydrogens (tertiary/aromatic N) is 2. The molecule has 0 spiro atoms. The minimum atomic E-state index is -3.22. The maximum absolute atomic E-state index is 13.8. The van der Waals surface area contributed by atoms with E-state index in [1.54, 1.807) is 13.8 Å². The van der Waals surface area contributed by atoms with Gasteiger partial charge in [-0.25, -0.2) is 9.18 Å². The summed E-state index contributed by atoms with van der Waals surface area (Å²) in [4.78, 5) is 14.2. The number of nitrogens with one attached hydrogen (secondary N) is 1. The predicted molar refractivity (Wildman–Crippen MR) is 121 cm³/mol. The summed E-state index contributed by atoms with van der Waals surface area (Å²) in [7, 11) is 0. The zero-order valence-corrected chi connectivity index (χ0v) is 17.3. The molecule has 3 rings (SSSR count). The topological polar surface area (TPSA) is 44.8 Å². The van der Waals surface area contributed by atoms with E-state index in [2.05, 4.69) is 5.32 Å². The minimum Gasteiger partial charge on any atom is -0.493 e. The fourth-order valence-corrected chi connectivity index (χ4v) is 2.65. The number of benzene rings is 2. The molecular weight excluding hydrogens is 393 g/mol. The van der Waals surface area contributed by atoms with Crippen LogP contribution >= 0.6 is 0 Å². The highest BCUT2D eigenvalue weighted by atomic mass is 19.1. The average Bonchev–Trinajstić information content (AvgIpc) is 2.81. The third-order valence-electron chi connectivity index (χ3n) is 4.23. The smallest absolute Gasteiger partial charge is 0.318 e. The Morgan fingerprint density at radius 1 is 1.23 bits per heavy atom. The van der Waals surface area contributed by atoms with E-state index in [0.717, 1.165) is 24.3 Å². The van der Waals surface area contributed by atoms with E-state index in [-0.39, 0.29) is 21.8 Å². The Hall–Kier alpha value is -2.60. The summed E-state index contributed by atoms with van der Waals surface area (Å²) in [5.74, 6) is -1.14. The lowest BCUT2D eigenvalue weighted by atomic mass is 10.0. The van der Waals surface area contributed by atoms with Gasteiger partial charge in [0.25, 0.3) is 0 Å². The molecule has 1 heterocycles. The first kappa shape index (κ1) is 11.3. The first-order valence-electron chi connectivity index (χ1n) is 16.3. The molecule has 1 saturated heterocycles. The minimum absolute atomic E-state index is 0.0532. The molecule has 0 radical (unpaired) electrons. The van der Waals surface area contributed by atoms with Crippen LogP contribution in [0.2, 0.25) is 0 Å². The van der Waals surface area contributed by atoms with Crippen molar-refractivity contribution in [1.82, 2.24) is 15.1 Å². The van der Waals surface area contributed by atoms with Gasteiger partial charge in [-0.15, -0.1) is 0 Å².